The summed E-state index contributed by atoms with van der Waals surface area (Å²) in [4.78, 5) is 0.0870. The van der Waals surface area contributed by atoms with Crippen molar-refractivity contribution in [2.75, 3.05) is 5.75 Å². The van der Waals surface area contributed by atoms with Crippen LogP contribution in [-0.4, -0.2) is 14.2 Å². The Kier molecular flexibility index (Phi) is 4.20. The second kappa shape index (κ2) is 5.05. The number of rotatable bonds is 3. The van der Waals surface area contributed by atoms with Gasteiger partial charge in [0.25, 0.3) is 0 Å². The summed E-state index contributed by atoms with van der Waals surface area (Å²) in [5.74, 6) is -0.777. The van der Waals surface area contributed by atoms with Crippen LogP contribution in [0.2, 0.25) is 10.0 Å². The van der Waals surface area contributed by atoms with Crippen molar-refractivity contribution in [3.63, 3.8) is 0 Å². The highest BCUT2D eigenvalue weighted by Crippen LogP contribution is 2.25. The molecule has 6 heteroatoms. The average Bonchev–Trinajstić information content (AvgIpc) is 2.21. The molecule has 0 aromatic heterocycles. The Hall–Kier alpha value is -0.760. The molecule has 0 heterocycles. The van der Waals surface area contributed by atoms with Crippen LogP contribution in [0.4, 0.5) is 0 Å². The number of nitriles is 1. The van der Waals surface area contributed by atoms with Crippen molar-refractivity contribution >= 4 is 33.0 Å². The minimum absolute atomic E-state index is 0.0870. The van der Waals surface area contributed by atoms with Gasteiger partial charge in [-0.2, -0.15) is 5.26 Å². The van der Waals surface area contributed by atoms with Gasteiger partial charge in [0.1, 0.15) is 0 Å². The van der Waals surface area contributed by atoms with Crippen LogP contribution in [0.3, 0.4) is 0 Å². The number of halogens is 2. The van der Waals surface area contributed by atoms with Crippen molar-refractivity contribution in [3.05, 3.63) is 28.2 Å². The summed E-state index contributed by atoms with van der Waals surface area (Å²) in [6, 6.07) is 5.98. The molecule has 0 radical (unpaired) electrons. The molecule has 0 fully saturated rings. The van der Waals surface area contributed by atoms with E-state index in [1.165, 1.54) is 18.2 Å². The van der Waals surface area contributed by atoms with E-state index >= 15 is 0 Å². The SMILES string of the molecule is CC(C#N)CS(=O)(=O)c1ccc(Cl)c(Cl)c1. The molecular formula is C10H9Cl2NO2S. The van der Waals surface area contributed by atoms with Crippen molar-refractivity contribution in [3.8, 4) is 6.07 Å². The van der Waals surface area contributed by atoms with E-state index in [-0.39, 0.29) is 15.7 Å². The predicted octanol–water partition coefficient (Wildman–Crippen LogP) is 2.93. The highest BCUT2D eigenvalue weighted by atomic mass is 35.5. The predicted molar refractivity (Wildman–Crippen MR) is 63.3 cm³/mol. The Balaban J connectivity index is 3.09. The molecule has 0 amide bonds. The maximum absolute atomic E-state index is 11.8. The van der Waals surface area contributed by atoms with Crippen LogP contribution in [0.25, 0.3) is 0 Å². The van der Waals surface area contributed by atoms with Crippen LogP contribution < -0.4 is 0 Å². The first-order valence-electron chi connectivity index (χ1n) is 4.44. The zero-order valence-corrected chi connectivity index (χ0v) is 10.8. The van der Waals surface area contributed by atoms with Gasteiger partial charge in [-0.3, -0.25) is 0 Å². The fourth-order valence-electron chi connectivity index (χ4n) is 1.13. The number of hydrogen-bond donors (Lipinski definition) is 0. The largest absolute Gasteiger partial charge is 0.224 e. The Bertz CT molecular complexity index is 534. The standard InChI is InChI=1S/C10H9Cl2NO2S/c1-7(5-13)6-16(14,15)8-2-3-9(11)10(12)4-8/h2-4,7H,6H2,1H3. The number of sulfone groups is 1. The fourth-order valence-corrected chi connectivity index (χ4v) is 2.99. The van der Waals surface area contributed by atoms with Gasteiger partial charge in [0.15, 0.2) is 9.84 Å². The minimum atomic E-state index is -3.48. The third kappa shape index (κ3) is 3.11. The molecule has 1 rings (SSSR count). The lowest BCUT2D eigenvalue weighted by Gasteiger charge is -2.06. The first-order chi connectivity index (χ1) is 7.36. The summed E-state index contributed by atoms with van der Waals surface area (Å²) in [7, 11) is -3.48. The van der Waals surface area contributed by atoms with Gasteiger partial charge in [-0.05, 0) is 25.1 Å². The summed E-state index contributed by atoms with van der Waals surface area (Å²) in [6.07, 6.45) is 0. The molecule has 1 atom stereocenters. The molecule has 0 aliphatic heterocycles. The Morgan fingerprint density at radius 2 is 2.00 bits per heavy atom. The maximum atomic E-state index is 11.8. The van der Waals surface area contributed by atoms with Crippen molar-refractivity contribution in [2.24, 2.45) is 5.92 Å². The van der Waals surface area contributed by atoms with E-state index in [0.717, 1.165) is 0 Å². The first-order valence-corrected chi connectivity index (χ1v) is 6.85. The summed E-state index contributed by atoms with van der Waals surface area (Å²) >= 11 is 11.4. The molecular weight excluding hydrogens is 269 g/mol. The summed E-state index contributed by atoms with van der Waals surface area (Å²) < 4.78 is 23.6. The van der Waals surface area contributed by atoms with E-state index < -0.39 is 15.8 Å². The smallest absolute Gasteiger partial charge is 0.179 e. The van der Waals surface area contributed by atoms with E-state index in [1.807, 2.05) is 6.07 Å². The van der Waals surface area contributed by atoms with Crippen LogP contribution in [0, 0.1) is 17.2 Å². The molecule has 0 spiro atoms. The lowest BCUT2D eigenvalue weighted by atomic mass is 10.3. The molecule has 1 unspecified atom stereocenters. The molecule has 16 heavy (non-hydrogen) atoms. The van der Waals surface area contributed by atoms with Crippen molar-refractivity contribution in [1.29, 1.82) is 5.26 Å². The topological polar surface area (TPSA) is 57.9 Å². The highest BCUT2D eigenvalue weighted by molar-refractivity contribution is 7.91. The zero-order chi connectivity index (χ0) is 12.3. The monoisotopic (exact) mass is 277 g/mol. The number of benzene rings is 1. The van der Waals surface area contributed by atoms with Gasteiger partial charge in [0, 0.05) is 0 Å². The Morgan fingerprint density at radius 3 is 2.50 bits per heavy atom. The van der Waals surface area contributed by atoms with Crippen LogP contribution in [-0.2, 0) is 9.84 Å². The molecule has 3 nitrogen and oxygen atoms in total. The molecule has 0 N–H and O–H groups in total. The molecule has 86 valence electrons. The second-order valence-electron chi connectivity index (χ2n) is 3.39. The van der Waals surface area contributed by atoms with Crippen LogP contribution in [0.1, 0.15) is 6.92 Å². The minimum Gasteiger partial charge on any atom is -0.224 e. The Labute approximate surface area is 105 Å². The van der Waals surface area contributed by atoms with E-state index in [2.05, 4.69) is 0 Å². The average molecular weight is 278 g/mol. The van der Waals surface area contributed by atoms with Gasteiger partial charge < -0.3 is 0 Å². The molecule has 0 saturated heterocycles. The number of nitrogens with zero attached hydrogens (tertiary/aromatic N) is 1. The molecule has 1 aromatic rings. The van der Waals surface area contributed by atoms with E-state index in [4.69, 9.17) is 28.5 Å². The normalized spacial score (nSPS) is 13.1. The number of hydrogen-bond acceptors (Lipinski definition) is 3. The first kappa shape index (κ1) is 13.3. The van der Waals surface area contributed by atoms with Crippen molar-refractivity contribution in [2.45, 2.75) is 11.8 Å². The van der Waals surface area contributed by atoms with E-state index in [0.29, 0.717) is 5.02 Å². The van der Waals surface area contributed by atoms with Gasteiger partial charge >= 0.3 is 0 Å². The molecule has 0 aliphatic rings. The molecule has 0 bridgehead atoms. The summed E-state index contributed by atoms with van der Waals surface area (Å²) in [5.41, 5.74) is 0. The third-order valence-electron chi connectivity index (χ3n) is 1.94. The Morgan fingerprint density at radius 1 is 1.38 bits per heavy atom. The van der Waals surface area contributed by atoms with Gasteiger partial charge in [0.2, 0.25) is 0 Å². The van der Waals surface area contributed by atoms with Crippen LogP contribution in [0.5, 0.6) is 0 Å². The highest BCUT2D eigenvalue weighted by Gasteiger charge is 2.19. The molecule has 1 aromatic carbocycles. The summed E-state index contributed by atoms with van der Waals surface area (Å²) in [5, 5.41) is 9.07. The van der Waals surface area contributed by atoms with Gasteiger partial charge in [-0.25, -0.2) is 8.42 Å². The van der Waals surface area contributed by atoms with Gasteiger partial charge in [0.05, 0.1) is 32.7 Å². The third-order valence-corrected chi connectivity index (χ3v) is 4.59. The molecule has 0 aliphatic carbocycles. The molecule has 0 saturated carbocycles. The van der Waals surface area contributed by atoms with E-state index in [1.54, 1.807) is 6.92 Å². The van der Waals surface area contributed by atoms with Gasteiger partial charge in [-0.15, -0.1) is 0 Å². The van der Waals surface area contributed by atoms with Crippen molar-refractivity contribution in [1.82, 2.24) is 0 Å². The lowest BCUT2D eigenvalue weighted by molar-refractivity contribution is 0.589. The second-order valence-corrected chi connectivity index (χ2v) is 6.24. The van der Waals surface area contributed by atoms with E-state index in [9.17, 15) is 8.42 Å². The van der Waals surface area contributed by atoms with Crippen LogP contribution >= 0.6 is 23.2 Å². The zero-order valence-electron chi connectivity index (χ0n) is 8.44. The van der Waals surface area contributed by atoms with Gasteiger partial charge in [-0.1, -0.05) is 23.2 Å². The van der Waals surface area contributed by atoms with Crippen molar-refractivity contribution < 1.29 is 8.42 Å². The lowest BCUT2D eigenvalue weighted by Crippen LogP contribution is -2.12. The summed E-state index contributed by atoms with van der Waals surface area (Å²) in [6.45, 7) is 1.55. The maximum Gasteiger partial charge on any atom is 0.179 e. The fraction of sp³-hybridized carbons (Fsp3) is 0.300. The quantitative estimate of drug-likeness (QED) is 0.854. The van der Waals surface area contributed by atoms with Crippen LogP contribution in [0.15, 0.2) is 23.1 Å².